The Morgan fingerprint density at radius 1 is 1.00 bits per heavy atom. The molecule has 4 rings (SSSR count). The zero-order valence-corrected chi connectivity index (χ0v) is 19.0. The van der Waals surface area contributed by atoms with Gasteiger partial charge < -0.3 is 24.1 Å². The van der Waals surface area contributed by atoms with Crippen LogP contribution >= 0.6 is 11.3 Å². The molecular formula is C24H24N2O5S. The minimum absolute atomic E-state index is 0.238. The molecule has 2 heterocycles. The lowest BCUT2D eigenvalue weighted by atomic mass is 10.1. The van der Waals surface area contributed by atoms with Crippen molar-refractivity contribution in [2.75, 3.05) is 27.9 Å². The number of methoxy groups -OCH3 is 3. The molecule has 7 nitrogen and oxygen atoms in total. The van der Waals surface area contributed by atoms with Gasteiger partial charge in [0.15, 0.2) is 11.5 Å². The van der Waals surface area contributed by atoms with Crippen LogP contribution in [0, 0.1) is 0 Å². The molecular weight excluding hydrogens is 428 g/mol. The summed E-state index contributed by atoms with van der Waals surface area (Å²) in [6.45, 7) is 1.26. The first-order valence-corrected chi connectivity index (χ1v) is 11.0. The van der Waals surface area contributed by atoms with Gasteiger partial charge in [-0.15, -0.1) is 0 Å². The molecule has 1 amide bonds. The van der Waals surface area contributed by atoms with Crippen LogP contribution in [0.2, 0.25) is 0 Å². The SMILES string of the molecule is COc1ccc2c(ccn2CCCNC(=O)c2cc3ccc(OC)c(OC)c3c(=O)s2)c1. The molecule has 0 unspecified atom stereocenters. The molecule has 0 aliphatic heterocycles. The Labute approximate surface area is 189 Å². The summed E-state index contributed by atoms with van der Waals surface area (Å²) >= 11 is 0.905. The number of fused-ring (bicyclic) bond motifs is 2. The van der Waals surface area contributed by atoms with E-state index in [1.807, 2.05) is 30.5 Å². The quantitative estimate of drug-likeness (QED) is 0.408. The largest absolute Gasteiger partial charge is 0.497 e. The zero-order valence-electron chi connectivity index (χ0n) is 18.1. The molecule has 0 aliphatic rings. The van der Waals surface area contributed by atoms with Gasteiger partial charge in [0.25, 0.3) is 5.91 Å². The lowest BCUT2D eigenvalue weighted by molar-refractivity contribution is 0.0956. The highest BCUT2D eigenvalue weighted by atomic mass is 32.1. The van der Waals surface area contributed by atoms with Gasteiger partial charge in [0.05, 0.1) is 31.6 Å². The summed E-state index contributed by atoms with van der Waals surface area (Å²) in [6.07, 6.45) is 2.79. The molecule has 166 valence electrons. The monoisotopic (exact) mass is 452 g/mol. The maximum atomic E-state index is 12.7. The zero-order chi connectivity index (χ0) is 22.7. The van der Waals surface area contributed by atoms with E-state index in [4.69, 9.17) is 14.2 Å². The van der Waals surface area contributed by atoms with Crippen molar-refractivity contribution in [3.05, 3.63) is 63.1 Å². The molecule has 8 heteroatoms. The molecule has 0 saturated heterocycles. The number of ether oxygens (including phenoxy) is 3. The van der Waals surface area contributed by atoms with Crippen LogP contribution in [0.15, 0.2) is 53.5 Å². The van der Waals surface area contributed by atoms with Gasteiger partial charge in [-0.2, -0.15) is 0 Å². The Balaban J connectivity index is 1.43. The van der Waals surface area contributed by atoms with Gasteiger partial charge in [0, 0.05) is 30.2 Å². The number of hydrogen-bond donors (Lipinski definition) is 1. The molecule has 0 fully saturated rings. The second-order valence-electron chi connectivity index (χ2n) is 7.21. The maximum Gasteiger partial charge on any atom is 0.261 e. The third kappa shape index (κ3) is 4.13. The fourth-order valence-corrected chi connectivity index (χ4v) is 4.61. The van der Waals surface area contributed by atoms with E-state index in [0.717, 1.165) is 41.0 Å². The summed E-state index contributed by atoms with van der Waals surface area (Å²) in [5, 5.41) is 5.09. The van der Waals surface area contributed by atoms with Crippen LogP contribution in [0.1, 0.15) is 16.1 Å². The summed E-state index contributed by atoms with van der Waals surface area (Å²) < 4.78 is 17.8. The molecule has 0 bridgehead atoms. The second kappa shape index (κ2) is 9.32. The van der Waals surface area contributed by atoms with E-state index in [0.29, 0.717) is 33.7 Å². The molecule has 0 spiro atoms. The van der Waals surface area contributed by atoms with Gasteiger partial charge in [-0.1, -0.05) is 17.4 Å². The average Bonchev–Trinajstić information content (AvgIpc) is 3.22. The number of carbonyl (C=O) groups excluding carboxylic acids is 1. The molecule has 2 aromatic carbocycles. The van der Waals surface area contributed by atoms with Crippen molar-refractivity contribution in [2.45, 2.75) is 13.0 Å². The first kappa shape index (κ1) is 21.7. The van der Waals surface area contributed by atoms with Crippen molar-refractivity contribution in [3.8, 4) is 17.2 Å². The minimum Gasteiger partial charge on any atom is -0.497 e. The average molecular weight is 453 g/mol. The van der Waals surface area contributed by atoms with E-state index in [9.17, 15) is 9.59 Å². The minimum atomic E-state index is -0.258. The number of aromatic nitrogens is 1. The predicted molar refractivity (Wildman–Crippen MR) is 127 cm³/mol. The lowest BCUT2D eigenvalue weighted by Crippen LogP contribution is -2.25. The number of carbonyl (C=O) groups is 1. The third-order valence-corrected chi connectivity index (χ3v) is 6.25. The highest BCUT2D eigenvalue weighted by Crippen LogP contribution is 2.34. The van der Waals surface area contributed by atoms with Crippen LogP contribution < -0.4 is 24.3 Å². The van der Waals surface area contributed by atoms with Crippen molar-refractivity contribution in [2.24, 2.45) is 0 Å². The van der Waals surface area contributed by atoms with E-state index in [1.165, 1.54) is 14.2 Å². The van der Waals surface area contributed by atoms with Crippen LogP contribution in [0.25, 0.3) is 21.7 Å². The van der Waals surface area contributed by atoms with E-state index >= 15 is 0 Å². The molecule has 1 N–H and O–H groups in total. The summed E-state index contributed by atoms with van der Waals surface area (Å²) in [5.74, 6) is 1.44. The van der Waals surface area contributed by atoms with E-state index < -0.39 is 0 Å². The van der Waals surface area contributed by atoms with Crippen molar-refractivity contribution in [3.63, 3.8) is 0 Å². The van der Waals surface area contributed by atoms with E-state index in [-0.39, 0.29) is 10.6 Å². The van der Waals surface area contributed by atoms with Crippen molar-refractivity contribution in [1.29, 1.82) is 0 Å². The van der Waals surface area contributed by atoms with Crippen molar-refractivity contribution in [1.82, 2.24) is 9.88 Å². The first-order valence-electron chi connectivity index (χ1n) is 10.2. The van der Waals surface area contributed by atoms with E-state index in [2.05, 4.69) is 9.88 Å². The van der Waals surface area contributed by atoms with Crippen molar-refractivity contribution >= 4 is 38.9 Å². The van der Waals surface area contributed by atoms with E-state index in [1.54, 1.807) is 25.3 Å². The molecule has 0 saturated carbocycles. The third-order valence-electron chi connectivity index (χ3n) is 5.33. The van der Waals surface area contributed by atoms with Crippen LogP contribution in [0.3, 0.4) is 0 Å². The number of amides is 1. The number of nitrogens with zero attached hydrogens (tertiary/aromatic N) is 1. The predicted octanol–water partition coefficient (Wildman–Crippen LogP) is 4.06. The molecule has 4 aromatic rings. The molecule has 2 aromatic heterocycles. The Hall–Kier alpha value is -3.52. The summed E-state index contributed by atoms with van der Waals surface area (Å²) in [7, 11) is 4.67. The van der Waals surface area contributed by atoms with Gasteiger partial charge in [-0.25, -0.2) is 0 Å². The lowest BCUT2D eigenvalue weighted by Gasteiger charge is -2.11. The number of rotatable bonds is 8. The smallest absolute Gasteiger partial charge is 0.261 e. The molecule has 0 aliphatic carbocycles. The maximum absolute atomic E-state index is 12.7. The van der Waals surface area contributed by atoms with Crippen LogP contribution in [-0.4, -0.2) is 38.3 Å². The molecule has 0 radical (unpaired) electrons. The van der Waals surface area contributed by atoms with Crippen LogP contribution in [-0.2, 0) is 6.54 Å². The first-order chi connectivity index (χ1) is 15.5. The van der Waals surface area contributed by atoms with Gasteiger partial charge >= 0.3 is 0 Å². The summed E-state index contributed by atoms with van der Waals surface area (Å²) in [5.41, 5.74) is 1.12. The Bertz CT molecular complexity index is 1340. The highest BCUT2D eigenvalue weighted by Gasteiger charge is 2.16. The summed E-state index contributed by atoms with van der Waals surface area (Å²) in [4.78, 5) is 25.7. The Morgan fingerprint density at radius 2 is 1.84 bits per heavy atom. The fraction of sp³-hybridized carbons (Fsp3) is 0.250. The Kier molecular flexibility index (Phi) is 6.32. The molecule has 32 heavy (non-hydrogen) atoms. The van der Waals surface area contributed by atoms with Gasteiger partial charge in [-0.3, -0.25) is 9.59 Å². The number of benzene rings is 2. The normalized spacial score (nSPS) is 11.0. The topological polar surface area (TPSA) is 78.8 Å². The highest BCUT2D eigenvalue weighted by molar-refractivity contribution is 7.12. The fourth-order valence-electron chi connectivity index (χ4n) is 3.75. The number of hydrogen-bond acceptors (Lipinski definition) is 6. The van der Waals surface area contributed by atoms with Gasteiger partial charge in [-0.05, 0) is 48.2 Å². The second-order valence-corrected chi connectivity index (χ2v) is 8.22. The number of aryl methyl sites for hydroxylation is 1. The Morgan fingerprint density at radius 3 is 2.59 bits per heavy atom. The van der Waals surface area contributed by atoms with Crippen LogP contribution in [0.5, 0.6) is 17.2 Å². The molecule has 0 atom stereocenters. The van der Waals surface area contributed by atoms with Crippen molar-refractivity contribution < 1.29 is 19.0 Å². The van der Waals surface area contributed by atoms with Crippen LogP contribution in [0.4, 0.5) is 0 Å². The van der Waals surface area contributed by atoms with Gasteiger partial charge in [0.2, 0.25) is 4.74 Å². The number of nitrogens with one attached hydrogen (secondary N) is 1. The summed E-state index contributed by atoms with van der Waals surface area (Å²) in [6, 6.07) is 13.2. The standard InChI is InChI=1S/C24H24N2O5S/c1-29-17-6-7-18-15(13-17)9-12-26(18)11-4-10-25-23(27)20-14-16-5-8-19(30-2)22(31-3)21(16)24(28)32-20/h5-9,12-14H,4,10-11H2,1-3H3,(H,25,27). The van der Waals surface area contributed by atoms with Gasteiger partial charge in [0.1, 0.15) is 5.75 Å².